The van der Waals surface area contributed by atoms with Crippen molar-refractivity contribution in [3.63, 3.8) is 0 Å². The van der Waals surface area contributed by atoms with E-state index in [1.54, 1.807) is 6.26 Å². The van der Waals surface area contributed by atoms with Crippen molar-refractivity contribution >= 4 is 10.8 Å². The van der Waals surface area contributed by atoms with Crippen molar-refractivity contribution in [2.75, 3.05) is 31.8 Å². The van der Waals surface area contributed by atoms with Crippen LogP contribution >= 0.6 is 0 Å². The predicted molar refractivity (Wildman–Crippen MR) is 46.2 cm³/mol. The molecule has 1 aliphatic rings. The molecule has 0 radical (unpaired) electrons. The summed E-state index contributed by atoms with van der Waals surface area (Å²) in [5.74, 6) is 0.747. The highest BCUT2D eigenvalue weighted by molar-refractivity contribution is 7.84. The fourth-order valence-corrected chi connectivity index (χ4v) is 1.51. The Bertz CT molecular complexity index is 134. The molecule has 0 aromatic heterocycles. The molecule has 1 rings (SSSR count). The first-order valence-corrected chi connectivity index (χ1v) is 5.63. The van der Waals surface area contributed by atoms with E-state index < -0.39 is 10.8 Å². The van der Waals surface area contributed by atoms with Crippen LogP contribution in [-0.2, 0) is 15.5 Å². The molecule has 2 atom stereocenters. The van der Waals surface area contributed by atoms with Gasteiger partial charge in [0.1, 0.15) is 0 Å². The maximum atomic E-state index is 10.7. The Morgan fingerprint density at radius 1 is 1.73 bits per heavy atom. The van der Waals surface area contributed by atoms with Gasteiger partial charge in [-0.1, -0.05) is 0 Å². The molecule has 1 fully saturated rings. The second-order valence-electron chi connectivity index (χ2n) is 2.79. The normalized spacial score (nSPS) is 27.2. The monoisotopic (exact) mass is 177 g/mol. The van der Waals surface area contributed by atoms with Crippen molar-refractivity contribution in [3.8, 4) is 0 Å². The Kier molecular flexibility index (Phi) is 4.04. The lowest BCUT2D eigenvalue weighted by molar-refractivity contribution is 0.190. The van der Waals surface area contributed by atoms with E-state index in [1.165, 1.54) is 0 Å². The smallest absolute Gasteiger partial charge is 0.0620 e. The Hall–Kier alpha value is 0.0700. The summed E-state index contributed by atoms with van der Waals surface area (Å²) in [5.41, 5.74) is 0. The lowest BCUT2D eigenvalue weighted by Crippen LogP contribution is -2.32. The molecule has 1 N–H and O–H groups in total. The van der Waals surface area contributed by atoms with Gasteiger partial charge in [0.2, 0.25) is 0 Å². The summed E-state index contributed by atoms with van der Waals surface area (Å²) in [4.78, 5) is 0. The molecule has 1 heterocycles. The van der Waals surface area contributed by atoms with E-state index in [2.05, 4.69) is 5.32 Å². The minimum Gasteiger partial charge on any atom is -0.380 e. The van der Waals surface area contributed by atoms with Gasteiger partial charge in [-0.3, -0.25) is 4.21 Å². The highest BCUT2D eigenvalue weighted by atomic mass is 32.2. The van der Waals surface area contributed by atoms with Crippen molar-refractivity contribution < 1.29 is 8.95 Å². The van der Waals surface area contributed by atoms with Gasteiger partial charge in [-0.15, -0.1) is 0 Å². The highest BCUT2D eigenvalue weighted by Crippen LogP contribution is 2.02. The first-order valence-electron chi connectivity index (χ1n) is 3.90. The van der Waals surface area contributed by atoms with E-state index in [4.69, 9.17) is 4.74 Å². The second-order valence-corrected chi connectivity index (χ2v) is 4.35. The quantitative estimate of drug-likeness (QED) is 0.643. The van der Waals surface area contributed by atoms with Crippen LogP contribution in [0.5, 0.6) is 0 Å². The largest absolute Gasteiger partial charge is 0.380 e. The van der Waals surface area contributed by atoms with Crippen LogP contribution in [0.1, 0.15) is 6.42 Å². The van der Waals surface area contributed by atoms with E-state index in [-0.39, 0.29) is 0 Å². The number of hydrogen-bond acceptors (Lipinski definition) is 3. The van der Waals surface area contributed by atoms with Gasteiger partial charge in [-0.25, -0.2) is 0 Å². The zero-order chi connectivity index (χ0) is 8.10. The minimum atomic E-state index is -0.669. The van der Waals surface area contributed by atoms with Gasteiger partial charge in [0, 0.05) is 42.0 Å². The molecule has 0 aromatic carbocycles. The lowest BCUT2D eigenvalue weighted by atomic mass is 10.3. The molecule has 0 saturated carbocycles. The van der Waals surface area contributed by atoms with Crippen molar-refractivity contribution in [1.29, 1.82) is 0 Å². The summed E-state index contributed by atoms with van der Waals surface area (Å²) in [7, 11) is -0.669. The van der Waals surface area contributed by atoms with Crippen LogP contribution < -0.4 is 5.32 Å². The standard InChI is InChI=1S/C7H15NO2S/c1-11(9)5-3-8-7-2-4-10-6-7/h7-8H,2-6H2,1H3. The first kappa shape index (κ1) is 9.16. The number of ether oxygens (including phenoxy) is 1. The third-order valence-corrected chi connectivity index (χ3v) is 2.53. The predicted octanol–water partition coefficient (Wildman–Crippen LogP) is -0.257. The van der Waals surface area contributed by atoms with Crippen LogP contribution in [0.25, 0.3) is 0 Å². The number of rotatable bonds is 4. The van der Waals surface area contributed by atoms with Crippen LogP contribution in [0.15, 0.2) is 0 Å². The molecule has 0 bridgehead atoms. The fourth-order valence-electron chi connectivity index (χ4n) is 1.10. The molecule has 1 aliphatic heterocycles. The van der Waals surface area contributed by atoms with Crippen molar-refractivity contribution in [3.05, 3.63) is 0 Å². The molecule has 0 aromatic rings. The molecular formula is C7H15NO2S. The average molecular weight is 177 g/mol. The Labute approximate surface area is 70.0 Å². The molecule has 0 amide bonds. The SMILES string of the molecule is CS(=O)CCNC1CCOC1. The zero-order valence-corrected chi connectivity index (χ0v) is 7.65. The molecule has 2 unspecified atom stereocenters. The Morgan fingerprint density at radius 2 is 2.55 bits per heavy atom. The van der Waals surface area contributed by atoms with Crippen LogP contribution in [0.3, 0.4) is 0 Å². The number of hydrogen-bond donors (Lipinski definition) is 1. The van der Waals surface area contributed by atoms with E-state index in [0.717, 1.165) is 31.9 Å². The van der Waals surface area contributed by atoms with E-state index >= 15 is 0 Å². The van der Waals surface area contributed by atoms with E-state index in [9.17, 15) is 4.21 Å². The van der Waals surface area contributed by atoms with Crippen LogP contribution in [0.2, 0.25) is 0 Å². The third kappa shape index (κ3) is 3.84. The van der Waals surface area contributed by atoms with Gasteiger partial charge in [0.05, 0.1) is 6.61 Å². The van der Waals surface area contributed by atoms with Gasteiger partial charge >= 0.3 is 0 Å². The average Bonchev–Trinajstić information content (AvgIpc) is 2.39. The maximum Gasteiger partial charge on any atom is 0.0620 e. The van der Waals surface area contributed by atoms with Crippen molar-refractivity contribution in [2.45, 2.75) is 12.5 Å². The van der Waals surface area contributed by atoms with Gasteiger partial charge in [0.25, 0.3) is 0 Å². The summed E-state index contributed by atoms with van der Waals surface area (Å²) in [6.45, 7) is 2.53. The van der Waals surface area contributed by atoms with Crippen molar-refractivity contribution in [2.24, 2.45) is 0 Å². The van der Waals surface area contributed by atoms with Gasteiger partial charge in [0.15, 0.2) is 0 Å². The first-order chi connectivity index (χ1) is 5.29. The molecule has 3 nitrogen and oxygen atoms in total. The summed E-state index contributed by atoms with van der Waals surface area (Å²) in [6, 6.07) is 0.499. The molecule has 11 heavy (non-hydrogen) atoms. The van der Waals surface area contributed by atoms with Crippen LogP contribution in [0.4, 0.5) is 0 Å². The fraction of sp³-hybridized carbons (Fsp3) is 1.00. The third-order valence-electron chi connectivity index (χ3n) is 1.75. The van der Waals surface area contributed by atoms with Gasteiger partial charge < -0.3 is 10.1 Å². The Morgan fingerprint density at radius 3 is 3.09 bits per heavy atom. The molecule has 0 aliphatic carbocycles. The van der Waals surface area contributed by atoms with Crippen LogP contribution in [-0.4, -0.2) is 42.0 Å². The molecule has 1 saturated heterocycles. The summed E-state index contributed by atoms with van der Waals surface area (Å²) in [5, 5.41) is 3.29. The van der Waals surface area contributed by atoms with E-state index in [0.29, 0.717) is 6.04 Å². The Balaban J connectivity index is 1.98. The number of nitrogens with one attached hydrogen (secondary N) is 1. The molecule has 66 valence electrons. The maximum absolute atomic E-state index is 10.7. The highest BCUT2D eigenvalue weighted by Gasteiger charge is 2.13. The van der Waals surface area contributed by atoms with Crippen molar-refractivity contribution in [1.82, 2.24) is 5.32 Å². The van der Waals surface area contributed by atoms with E-state index in [1.807, 2.05) is 0 Å². The molecule has 0 spiro atoms. The van der Waals surface area contributed by atoms with Gasteiger partial charge in [-0.2, -0.15) is 0 Å². The van der Waals surface area contributed by atoms with Gasteiger partial charge in [-0.05, 0) is 6.42 Å². The summed E-state index contributed by atoms with van der Waals surface area (Å²) < 4.78 is 15.8. The lowest BCUT2D eigenvalue weighted by Gasteiger charge is -2.08. The second kappa shape index (κ2) is 4.85. The summed E-state index contributed by atoms with van der Waals surface area (Å²) in [6.07, 6.45) is 2.82. The summed E-state index contributed by atoms with van der Waals surface area (Å²) >= 11 is 0. The molecular weight excluding hydrogens is 162 g/mol. The zero-order valence-electron chi connectivity index (χ0n) is 6.84. The van der Waals surface area contributed by atoms with Crippen LogP contribution in [0, 0.1) is 0 Å². The topological polar surface area (TPSA) is 38.3 Å². The minimum absolute atomic E-state index is 0.499. The molecule has 4 heteroatoms.